The zero-order chi connectivity index (χ0) is 5.11. The van der Waals surface area contributed by atoms with Crippen molar-refractivity contribution in [3.8, 4) is 0 Å². The fourth-order valence-electron chi connectivity index (χ4n) is 0.836. The third-order valence-electron chi connectivity index (χ3n) is 1.26. The molecule has 7 heavy (non-hydrogen) atoms. The Hall–Kier alpha value is -0.0800. The quantitative estimate of drug-likeness (QED) is 0.397. The van der Waals surface area contributed by atoms with Crippen molar-refractivity contribution in [3.05, 3.63) is 6.42 Å². The first-order chi connectivity index (χ1) is 3.43. The first-order valence-electron chi connectivity index (χ1n) is 2.57. The van der Waals surface area contributed by atoms with Crippen molar-refractivity contribution >= 4 is 0 Å². The van der Waals surface area contributed by atoms with Gasteiger partial charge in [-0.15, -0.1) is 0 Å². The van der Waals surface area contributed by atoms with E-state index in [1.54, 1.807) is 0 Å². The van der Waals surface area contributed by atoms with Crippen LogP contribution in [0, 0.1) is 6.42 Å². The molecule has 0 aliphatic heterocycles. The second kappa shape index (κ2) is 2.28. The van der Waals surface area contributed by atoms with Gasteiger partial charge >= 0.3 is 0 Å². The lowest BCUT2D eigenvalue weighted by atomic mass is 10.3. The normalized spacial score (nSPS) is 23.6. The molecule has 0 saturated heterocycles. The Morgan fingerprint density at radius 2 is 2.57 bits per heavy atom. The van der Waals surface area contributed by atoms with Gasteiger partial charge in [0.25, 0.3) is 0 Å². The van der Waals surface area contributed by atoms with Crippen LogP contribution < -0.4 is 0 Å². The van der Waals surface area contributed by atoms with Crippen molar-refractivity contribution in [2.24, 2.45) is 0 Å². The summed E-state index contributed by atoms with van der Waals surface area (Å²) in [6, 6.07) is 0. The van der Waals surface area contributed by atoms with Crippen LogP contribution in [0.4, 0.5) is 0 Å². The lowest BCUT2D eigenvalue weighted by Gasteiger charge is -1.98. The topological polar surface area (TPSA) is 29.5 Å². The van der Waals surface area contributed by atoms with Crippen LogP contribution in [0.25, 0.3) is 0 Å². The smallest absolute Gasteiger partial charge is 0.0959 e. The van der Waals surface area contributed by atoms with Crippen LogP contribution in [0.5, 0.6) is 0 Å². The van der Waals surface area contributed by atoms with Crippen LogP contribution in [0.15, 0.2) is 0 Å². The molecule has 0 spiro atoms. The summed E-state index contributed by atoms with van der Waals surface area (Å²) in [5, 5.41) is 8.03. The fraction of sp³-hybridized carbons (Fsp3) is 0.800. The van der Waals surface area contributed by atoms with Crippen molar-refractivity contribution in [2.75, 3.05) is 0 Å². The molecule has 2 nitrogen and oxygen atoms in total. The molecule has 0 aromatic heterocycles. The Morgan fingerprint density at radius 1 is 1.71 bits per heavy atom. The number of hydrogen-bond donors (Lipinski definition) is 1. The van der Waals surface area contributed by atoms with Crippen LogP contribution in [0.1, 0.15) is 19.3 Å². The van der Waals surface area contributed by atoms with Crippen LogP contribution in [0.3, 0.4) is 0 Å². The van der Waals surface area contributed by atoms with Gasteiger partial charge in [-0.05, 0) is 19.3 Å². The van der Waals surface area contributed by atoms with Gasteiger partial charge in [0.15, 0.2) is 0 Å². The minimum atomic E-state index is 0.0278. The molecule has 41 valence electrons. The minimum Gasteiger partial charge on any atom is -0.252 e. The molecule has 1 saturated carbocycles. The van der Waals surface area contributed by atoms with E-state index in [4.69, 9.17) is 5.26 Å². The molecule has 0 aromatic carbocycles. The highest BCUT2D eigenvalue weighted by Gasteiger charge is 2.14. The summed E-state index contributed by atoms with van der Waals surface area (Å²) in [6.07, 6.45) is 5.24. The first-order valence-corrected chi connectivity index (χ1v) is 2.57. The van der Waals surface area contributed by atoms with Gasteiger partial charge in [-0.1, -0.05) is 6.42 Å². The molecular weight excluding hydrogens is 92.1 g/mol. The molecule has 1 aliphatic carbocycles. The predicted octanol–water partition coefficient (Wildman–Crippen LogP) is 1.23. The minimum absolute atomic E-state index is 0.0278. The van der Waals surface area contributed by atoms with E-state index in [1.807, 2.05) is 6.42 Å². The van der Waals surface area contributed by atoms with Gasteiger partial charge in [-0.25, -0.2) is 4.89 Å². The van der Waals surface area contributed by atoms with E-state index >= 15 is 0 Å². The summed E-state index contributed by atoms with van der Waals surface area (Å²) in [7, 11) is 0. The zero-order valence-corrected chi connectivity index (χ0v) is 4.13. The molecule has 1 aliphatic rings. The lowest BCUT2D eigenvalue weighted by molar-refractivity contribution is -0.267. The predicted molar refractivity (Wildman–Crippen MR) is 25.7 cm³/mol. The zero-order valence-electron chi connectivity index (χ0n) is 4.13. The third kappa shape index (κ3) is 1.14. The Kier molecular flexibility index (Phi) is 1.65. The molecule has 2 heteroatoms. The van der Waals surface area contributed by atoms with Gasteiger partial charge in [-0.3, -0.25) is 5.26 Å². The second-order valence-corrected chi connectivity index (χ2v) is 1.81. The molecule has 0 aromatic rings. The van der Waals surface area contributed by atoms with Gasteiger partial charge in [0.1, 0.15) is 0 Å². The van der Waals surface area contributed by atoms with Crippen molar-refractivity contribution in [1.29, 1.82) is 0 Å². The highest BCUT2D eigenvalue weighted by molar-refractivity contribution is 4.82. The highest BCUT2D eigenvalue weighted by Crippen LogP contribution is 2.18. The van der Waals surface area contributed by atoms with Crippen LogP contribution >= 0.6 is 0 Å². The van der Waals surface area contributed by atoms with E-state index in [0.717, 1.165) is 19.3 Å². The first kappa shape index (κ1) is 5.06. The molecule has 1 unspecified atom stereocenters. The van der Waals surface area contributed by atoms with Crippen molar-refractivity contribution in [3.63, 3.8) is 0 Å². The number of rotatable bonds is 1. The standard InChI is InChI=1S/C5H9O2/c6-7-5-3-1-2-4-5/h3,5-6H,1-2,4H2. The van der Waals surface area contributed by atoms with E-state index in [0.29, 0.717) is 0 Å². The van der Waals surface area contributed by atoms with Crippen molar-refractivity contribution in [1.82, 2.24) is 0 Å². The largest absolute Gasteiger partial charge is 0.252 e. The van der Waals surface area contributed by atoms with Gasteiger partial charge in [-0.2, -0.15) is 0 Å². The van der Waals surface area contributed by atoms with Crippen molar-refractivity contribution < 1.29 is 10.1 Å². The molecule has 1 radical (unpaired) electrons. The Bertz CT molecular complexity index is 48.0. The summed E-state index contributed by atoms with van der Waals surface area (Å²) in [5.74, 6) is 0. The van der Waals surface area contributed by atoms with Gasteiger partial charge < -0.3 is 0 Å². The fourth-order valence-corrected chi connectivity index (χ4v) is 0.836. The van der Waals surface area contributed by atoms with E-state index in [-0.39, 0.29) is 6.10 Å². The number of hydrogen-bond acceptors (Lipinski definition) is 2. The maximum absolute atomic E-state index is 8.03. The average molecular weight is 101 g/mol. The molecule has 1 rings (SSSR count). The maximum Gasteiger partial charge on any atom is 0.0959 e. The molecule has 1 fully saturated rings. The third-order valence-corrected chi connectivity index (χ3v) is 1.26. The monoisotopic (exact) mass is 101 g/mol. The highest BCUT2D eigenvalue weighted by atomic mass is 17.1. The molecule has 0 amide bonds. The Morgan fingerprint density at radius 3 is 2.86 bits per heavy atom. The molecule has 1 N–H and O–H groups in total. The molecule has 1 atom stereocenters. The van der Waals surface area contributed by atoms with Gasteiger partial charge in [0, 0.05) is 0 Å². The van der Waals surface area contributed by atoms with E-state index in [9.17, 15) is 0 Å². The van der Waals surface area contributed by atoms with Crippen molar-refractivity contribution in [2.45, 2.75) is 25.4 Å². The van der Waals surface area contributed by atoms with Crippen LogP contribution in [-0.2, 0) is 4.89 Å². The van der Waals surface area contributed by atoms with Gasteiger partial charge in [0.05, 0.1) is 6.10 Å². The molecule has 0 bridgehead atoms. The Labute approximate surface area is 43.0 Å². The summed E-state index contributed by atoms with van der Waals surface area (Å²) >= 11 is 0. The summed E-state index contributed by atoms with van der Waals surface area (Å²) in [5.41, 5.74) is 0. The lowest BCUT2D eigenvalue weighted by Crippen LogP contribution is -2.03. The summed E-state index contributed by atoms with van der Waals surface area (Å²) in [6.45, 7) is 0. The van der Waals surface area contributed by atoms with Crippen LogP contribution in [-0.4, -0.2) is 11.4 Å². The van der Waals surface area contributed by atoms with Gasteiger partial charge in [0.2, 0.25) is 0 Å². The van der Waals surface area contributed by atoms with Crippen LogP contribution in [0.2, 0.25) is 0 Å². The average Bonchev–Trinajstić information content (AvgIpc) is 2.14. The molecule has 0 heterocycles. The van der Waals surface area contributed by atoms with E-state index in [2.05, 4.69) is 4.89 Å². The van der Waals surface area contributed by atoms with E-state index < -0.39 is 0 Å². The Balaban J connectivity index is 2.14. The second-order valence-electron chi connectivity index (χ2n) is 1.81. The summed E-state index contributed by atoms with van der Waals surface area (Å²) in [4.78, 5) is 4.06. The van der Waals surface area contributed by atoms with E-state index in [1.165, 1.54) is 0 Å². The molecular formula is C5H9O2. The SMILES string of the molecule is OOC1[CH]CCC1. The maximum atomic E-state index is 8.03. The summed E-state index contributed by atoms with van der Waals surface area (Å²) < 4.78 is 0.